The SMILES string of the molecule is CC(=O)Nc1ccc(-c2ccc3c(c2)C2(CCOCC2)CN3C(=O)C(C)C)cc1. The molecule has 0 bridgehead atoms. The van der Waals surface area contributed by atoms with Crippen LogP contribution in [0.1, 0.15) is 39.2 Å². The number of ether oxygens (including phenoxy) is 1. The second-order valence-corrected chi connectivity index (χ2v) is 8.46. The van der Waals surface area contributed by atoms with E-state index in [1.165, 1.54) is 12.5 Å². The number of rotatable bonds is 3. The number of nitrogens with one attached hydrogen (secondary N) is 1. The standard InChI is InChI=1S/C24H28N2O3/c1-16(2)23(28)26-15-24(10-12-29-13-11-24)21-14-19(6-9-22(21)26)18-4-7-20(8-5-18)25-17(3)27/h4-9,14,16H,10-13,15H2,1-3H3,(H,25,27). The Morgan fingerprint density at radius 2 is 1.69 bits per heavy atom. The zero-order valence-corrected chi connectivity index (χ0v) is 17.3. The second kappa shape index (κ2) is 7.64. The monoisotopic (exact) mass is 392 g/mol. The Kier molecular flexibility index (Phi) is 5.17. The number of fused-ring (bicyclic) bond motifs is 2. The summed E-state index contributed by atoms with van der Waals surface area (Å²) in [6.07, 6.45) is 1.87. The van der Waals surface area contributed by atoms with E-state index in [9.17, 15) is 9.59 Å². The predicted octanol–water partition coefficient (Wildman–Crippen LogP) is 4.36. The molecule has 0 aromatic heterocycles. The smallest absolute Gasteiger partial charge is 0.229 e. The molecule has 0 unspecified atom stereocenters. The molecular formula is C24H28N2O3. The van der Waals surface area contributed by atoms with Gasteiger partial charge in [-0.3, -0.25) is 9.59 Å². The van der Waals surface area contributed by atoms with Crippen molar-refractivity contribution in [1.82, 2.24) is 0 Å². The molecule has 1 spiro atoms. The van der Waals surface area contributed by atoms with Gasteiger partial charge < -0.3 is 15.0 Å². The molecule has 1 fully saturated rings. The minimum absolute atomic E-state index is 0.0235. The number of nitrogens with zero attached hydrogens (tertiary/aromatic N) is 1. The maximum atomic E-state index is 12.9. The fraction of sp³-hybridized carbons (Fsp3) is 0.417. The third-order valence-electron chi connectivity index (χ3n) is 6.07. The van der Waals surface area contributed by atoms with Crippen LogP contribution < -0.4 is 10.2 Å². The first-order valence-electron chi connectivity index (χ1n) is 10.3. The van der Waals surface area contributed by atoms with Crippen molar-refractivity contribution in [3.05, 3.63) is 48.0 Å². The van der Waals surface area contributed by atoms with Crippen LogP contribution in [0.25, 0.3) is 11.1 Å². The maximum Gasteiger partial charge on any atom is 0.229 e. The summed E-state index contributed by atoms with van der Waals surface area (Å²) in [5.74, 6) is 0.0764. The lowest BCUT2D eigenvalue weighted by atomic mass is 9.75. The van der Waals surface area contributed by atoms with Gasteiger partial charge in [0.25, 0.3) is 0 Å². The van der Waals surface area contributed by atoms with Gasteiger partial charge in [-0.2, -0.15) is 0 Å². The minimum atomic E-state index is -0.0772. The Labute approximate surface area is 172 Å². The molecule has 0 saturated carbocycles. The van der Waals surface area contributed by atoms with Crippen LogP contribution in [-0.2, 0) is 19.7 Å². The van der Waals surface area contributed by atoms with Gasteiger partial charge in [-0.1, -0.05) is 32.0 Å². The molecule has 1 N–H and O–H groups in total. The van der Waals surface area contributed by atoms with Crippen molar-refractivity contribution < 1.29 is 14.3 Å². The molecule has 29 heavy (non-hydrogen) atoms. The molecule has 0 radical (unpaired) electrons. The number of anilines is 2. The van der Waals surface area contributed by atoms with Gasteiger partial charge in [-0.05, 0) is 53.8 Å². The fourth-order valence-corrected chi connectivity index (χ4v) is 4.50. The quantitative estimate of drug-likeness (QED) is 0.844. The van der Waals surface area contributed by atoms with Crippen LogP contribution in [0.4, 0.5) is 11.4 Å². The minimum Gasteiger partial charge on any atom is -0.381 e. The summed E-state index contributed by atoms with van der Waals surface area (Å²) in [5.41, 5.74) is 5.30. The topological polar surface area (TPSA) is 58.6 Å². The summed E-state index contributed by atoms with van der Waals surface area (Å²) >= 11 is 0. The number of benzene rings is 2. The number of hydrogen-bond donors (Lipinski definition) is 1. The molecule has 0 aliphatic carbocycles. The van der Waals surface area contributed by atoms with Crippen LogP contribution >= 0.6 is 0 Å². The Balaban J connectivity index is 1.72. The van der Waals surface area contributed by atoms with E-state index in [0.717, 1.165) is 55.1 Å². The number of hydrogen-bond acceptors (Lipinski definition) is 3. The van der Waals surface area contributed by atoms with Crippen molar-refractivity contribution in [3.63, 3.8) is 0 Å². The van der Waals surface area contributed by atoms with E-state index in [-0.39, 0.29) is 23.1 Å². The zero-order chi connectivity index (χ0) is 20.6. The van der Waals surface area contributed by atoms with E-state index >= 15 is 0 Å². The van der Waals surface area contributed by atoms with Crippen molar-refractivity contribution in [2.45, 2.75) is 39.0 Å². The summed E-state index contributed by atoms with van der Waals surface area (Å²) < 4.78 is 5.64. The first kappa shape index (κ1) is 19.6. The van der Waals surface area contributed by atoms with E-state index in [2.05, 4.69) is 23.5 Å². The van der Waals surface area contributed by atoms with Gasteiger partial charge >= 0.3 is 0 Å². The van der Waals surface area contributed by atoms with Gasteiger partial charge in [0.2, 0.25) is 11.8 Å². The van der Waals surface area contributed by atoms with Gasteiger partial charge in [0.1, 0.15) is 0 Å². The molecule has 4 rings (SSSR count). The van der Waals surface area contributed by atoms with Gasteiger partial charge in [0.05, 0.1) is 0 Å². The predicted molar refractivity (Wildman–Crippen MR) is 115 cm³/mol. The van der Waals surface area contributed by atoms with E-state index in [0.29, 0.717) is 0 Å². The van der Waals surface area contributed by atoms with Crippen LogP contribution in [0.5, 0.6) is 0 Å². The van der Waals surface area contributed by atoms with Crippen LogP contribution in [0, 0.1) is 5.92 Å². The summed E-state index contributed by atoms with van der Waals surface area (Å²) in [4.78, 5) is 26.1. The zero-order valence-electron chi connectivity index (χ0n) is 17.3. The first-order chi connectivity index (χ1) is 13.9. The normalized spacial score (nSPS) is 17.4. The third-order valence-corrected chi connectivity index (χ3v) is 6.07. The van der Waals surface area contributed by atoms with Crippen LogP contribution in [0.3, 0.4) is 0 Å². The molecule has 2 aliphatic rings. The highest BCUT2D eigenvalue weighted by Gasteiger charge is 2.45. The van der Waals surface area contributed by atoms with Gasteiger partial charge in [-0.25, -0.2) is 0 Å². The lowest BCUT2D eigenvalue weighted by molar-refractivity contribution is -0.121. The van der Waals surface area contributed by atoms with E-state index in [4.69, 9.17) is 4.74 Å². The second-order valence-electron chi connectivity index (χ2n) is 8.46. The Morgan fingerprint density at radius 3 is 2.31 bits per heavy atom. The third kappa shape index (κ3) is 3.67. The van der Waals surface area contributed by atoms with Gasteiger partial charge in [0, 0.05) is 49.4 Å². The number of carbonyl (C=O) groups excluding carboxylic acids is 2. The fourth-order valence-electron chi connectivity index (χ4n) is 4.50. The van der Waals surface area contributed by atoms with Crippen molar-refractivity contribution in [3.8, 4) is 11.1 Å². The Morgan fingerprint density at radius 1 is 1.03 bits per heavy atom. The van der Waals surface area contributed by atoms with Gasteiger partial charge in [-0.15, -0.1) is 0 Å². The molecule has 2 aromatic rings. The largest absolute Gasteiger partial charge is 0.381 e. The highest BCUT2D eigenvalue weighted by Crippen LogP contribution is 2.48. The lowest BCUT2D eigenvalue weighted by Gasteiger charge is -2.34. The molecule has 152 valence electrons. The van der Waals surface area contributed by atoms with Crippen molar-refractivity contribution in [2.24, 2.45) is 5.92 Å². The van der Waals surface area contributed by atoms with E-state index < -0.39 is 0 Å². The van der Waals surface area contributed by atoms with Crippen molar-refractivity contribution in [2.75, 3.05) is 30.0 Å². The summed E-state index contributed by atoms with van der Waals surface area (Å²) in [6.45, 7) is 7.64. The summed E-state index contributed by atoms with van der Waals surface area (Å²) in [6, 6.07) is 14.3. The molecule has 5 nitrogen and oxygen atoms in total. The van der Waals surface area contributed by atoms with Crippen LogP contribution in [-0.4, -0.2) is 31.6 Å². The Hall–Kier alpha value is -2.66. The average Bonchev–Trinajstić information content (AvgIpc) is 3.01. The molecule has 2 heterocycles. The maximum absolute atomic E-state index is 12.9. The highest BCUT2D eigenvalue weighted by atomic mass is 16.5. The highest BCUT2D eigenvalue weighted by molar-refractivity contribution is 5.98. The van der Waals surface area contributed by atoms with E-state index in [1.807, 2.05) is 43.0 Å². The molecular weight excluding hydrogens is 364 g/mol. The first-order valence-corrected chi connectivity index (χ1v) is 10.3. The average molecular weight is 392 g/mol. The molecule has 1 saturated heterocycles. The summed E-state index contributed by atoms with van der Waals surface area (Å²) in [5, 5.41) is 2.80. The lowest BCUT2D eigenvalue weighted by Crippen LogP contribution is -2.41. The van der Waals surface area contributed by atoms with Crippen LogP contribution in [0.15, 0.2) is 42.5 Å². The molecule has 5 heteroatoms. The van der Waals surface area contributed by atoms with Crippen molar-refractivity contribution in [1.29, 1.82) is 0 Å². The van der Waals surface area contributed by atoms with Gasteiger partial charge in [0.15, 0.2) is 0 Å². The van der Waals surface area contributed by atoms with Crippen molar-refractivity contribution >= 4 is 23.2 Å². The summed E-state index contributed by atoms with van der Waals surface area (Å²) in [7, 11) is 0. The molecule has 2 aliphatic heterocycles. The number of carbonyl (C=O) groups is 2. The molecule has 2 amide bonds. The molecule has 2 aromatic carbocycles. The number of amides is 2. The molecule has 0 atom stereocenters. The Bertz CT molecular complexity index is 928. The van der Waals surface area contributed by atoms with E-state index in [1.54, 1.807) is 0 Å². The van der Waals surface area contributed by atoms with Crippen LogP contribution in [0.2, 0.25) is 0 Å².